The van der Waals surface area contributed by atoms with Crippen molar-refractivity contribution in [3.05, 3.63) is 22.4 Å². The lowest BCUT2D eigenvalue weighted by Gasteiger charge is -2.27. The van der Waals surface area contributed by atoms with E-state index in [1.165, 1.54) is 11.3 Å². The van der Waals surface area contributed by atoms with Crippen LogP contribution in [0.5, 0.6) is 0 Å². The molecule has 0 aliphatic rings. The summed E-state index contributed by atoms with van der Waals surface area (Å²) >= 11 is 1.32. The Kier molecular flexibility index (Phi) is 6.12. The SMILES string of the molecule is CN(C)CC(C)(O)CNC(=O)CNC(=O)c1cccs1. The second-order valence-corrected chi connectivity index (χ2v) is 6.12. The van der Waals surface area contributed by atoms with Crippen LogP contribution in [-0.4, -0.2) is 61.2 Å². The number of amides is 2. The van der Waals surface area contributed by atoms with Crippen LogP contribution >= 0.6 is 11.3 Å². The van der Waals surface area contributed by atoms with Crippen LogP contribution < -0.4 is 10.6 Å². The minimum Gasteiger partial charge on any atom is -0.387 e. The van der Waals surface area contributed by atoms with E-state index in [-0.39, 0.29) is 24.9 Å². The fourth-order valence-electron chi connectivity index (χ4n) is 1.74. The lowest BCUT2D eigenvalue weighted by atomic mass is 10.1. The monoisotopic (exact) mass is 299 g/mol. The van der Waals surface area contributed by atoms with Crippen molar-refractivity contribution in [2.24, 2.45) is 0 Å². The van der Waals surface area contributed by atoms with Crippen LogP contribution in [0.3, 0.4) is 0 Å². The first kappa shape index (κ1) is 16.6. The number of hydrogen-bond donors (Lipinski definition) is 3. The Morgan fingerprint density at radius 2 is 2.10 bits per heavy atom. The molecular formula is C13H21N3O3S. The molecule has 1 aromatic heterocycles. The molecule has 1 aromatic rings. The average molecular weight is 299 g/mol. The Hall–Kier alpha value is -1.44. The molecule has 1 heterocycles. The van der Waals surface area contributed by atoms with Crippen LogP contribution in [0.1, 0.15) is 16.6 Å². The molecule has 0 aliphatic carbocycles. The van der Waals surface area contributed by atoms with E-state index >= 15 is 0 Å². The van der Waals surface area contributed by atoms with Crippen molar-refractivity contribution in [2.75, 3.05) is 33.7 Å². The van der Waals surface area contributed by atoms with Crippen molar-refractivity contribution in [3.63, 3.8) is 0 Å². The molecule has 3 N–H and O–H groups in total. The molecule has 1 unspecified atom stereocenters. The normalized spacial score (nSPS) is 13.8. The van der Waals surface area contributed by atoms with Crippen LogP contribution in [0.4, 0.5) is 0 Å². The number of thiophene rings is 1. The van der Waals surface area contributed by atoms with E-state index in [2.05, 4.69) is 10.6 Å². The highest BCUT2D eigenvalue weighted by Gasteiger charge is 2.22. The lowest BCUT2D eigenvalue weighted by Crippen LogP contribution is -2.49. The van der Waals surface area contributed by atoms with E-state index in [1.807, 2.05) is 19.0 Å². The summed E-state index contributed by atoms with van der Waals surface area (Å²) in [6.07, 6.45) is 0. The van der Waals surface area contributed by atoms with Gasteiger partial charge in [0.25, 0.3) is 5.91 Å². The predicted octanol–water partition coefficient (Wildman–Crippen LogP) is -0.0933. The van der Waals surface area contributed by atoms with E-state index in [0.29, 0.717) is 11.4 Å². The van der Waals surface area contributed by atoms with Gasteiger partial charge in [-0.05, 0) is 32.5 Å². The van der Waals surface area contributed by atoms with E-state index < -0.39 is 5.60 Å². The first-order valence-corrected chi connectivity index (χ1v) is 7.14. The van der Waals surface area contributed by atoms with Crippen LogP contribution in [0.15, 0.2) is 17.5 Å². The summed E-state index contributed by atoms with van der Waals surface area (Å²) in [6.45, 7) is 2.13. The van der Waals surface area contributed by atoms with Gasteiger partial charge in [-0.2, -0.15) is 0 Å². The topological polar surface area (TPSA) is 81.7 Å². The van der Waals surface area contributed by atoms with Gasteiger partial charge in [-0.25, -0.2) is 0 Å². The van der Waals surface area contributed by atoms with Gasteiger partial charge in [0.15, 0.2) is 0 Å². The second kappa shape index (κ2) is 7.37. The number of likely N-dealkylation sites (N-methyl/N-ethyl adjacent to an activating group) is 1. The Labute approximate surface area is 122 Å². The van der Waals surface area contributed by atoms with E-state index in [4.69, 9.17) is 0 Å². The number of carbonyl (C=O) groups excluding carboxylic acids is 2. The van der Waals surface area contributed by atoms with Crippen molar-refractivity contribution in [1.29, 1.82) is 0 Å². The molecule has 0 bridgehead atoms. The summed E-state index contributed by atoms with van der Waals surface area (Å²) in [5, 5.41) is 16.9. The molecule has 0 saturated heterocycles. The zero-order valence-electron chi connectivity index (χ0n) is 12.0. The maximum Gasteiger partial charge on any atom is 0.261 e. The van der Waals surface area contributed by atoms with Crippen molar-refractivity contribution in [1.82, 2.24) is 15.5 Å². The lowest BCUT2D eigenvalue weighted by molar-refractivity contribution is -0.121. The summed E-state index contributed by atoms with van der Waals surface area (Å²) < 4.78 is 0. The highest BCUT2D eigenvalue weighted by atomic mass is 32.1. The number of nitrogens with one attached hydrogen (secondary N) is 2. The van der Waals surface area contributed by atoms with E-state index in [0.717, 1.165) is 0 Å². The summed E-state index contributed by atoms with van der Waals surface area (Å²) in [5.74, 6) is -0.593. The van der Waals surface area contributed by atoms with Gasteiger partial charge < -0.3 is 20.6 Å². The highest BCUT2D eigenvalue weighted by molar-refractivity contribution is 7.12. The molecule has 20 heavy (non-hydrogen) atoms. The van der Waals surface area contributed by atoms with Crippen LogP contribution in [0, 0.1) is 0 Å². The van der Waals surface area contributed by atoms with E-state index in [9.17, 15) is 14.7 Å². The van der Waals surface area contributed by atoms with Crippen LogP contribution in [0.2, 0.25) is 0 Å². The largest absolute Gasteiger partial charge is 0.387 e. The summed E-state index contributed by atoms with van der Waals surface area (Å²) in [4.78, 5) is 25.6. The maximum atomic E-state index is 11.6. The molecule has 112 valence electrons. The molecule has 1 rings (SSSR count). The minimum atomic E-state index is -1.00. The zero-order valence-corrected chi connectivity index (χ0v) is 12.8. The third kappa shape index (κ3) is 6.14. The van der Waals surface area contributed by atoms with Gasteiger partial charge in [-0.3, -0.25) is 9.59 Å². The molecule has 0 aliphatic heterocycles. The van der Waals surface area contributed by atoms with Crippen molar-refractivity contribution in [3.8, 4) is 0 Å². The van der Waals surface area contributed by atoms with Gasteiger partial charge >= 0.3 is 0 Å². The third-order valence-electron chi connectivity index (χ3n) is 2.48. The molecule has 6 nitrogen and oxygen atoms in total. The molecule has 1 atom stereocenters. The van der Waals surface area contributed by atoms with Crippen molar-refractivity contribution < 1.29 is 14.7 Å². The molecular weight excluding hydrogens is 278 g/mol. The zero-order chi connectivity index (χ0) is 15.2. The van der Waals surface area contributed by atoms with Gasteiger partial charge in [0.2, 0.25) is 5.91 Å². The van der Waals surface area contributed by atoms with Gasteiger partial charge in [0, 0.05) is 13.1 Å². The Bertz CT molecular complexity index is 444. The Morgan fingerprint density at radius 3 is 2.65 bits per heavy atom. The van der Waals surface area contributed by atoms with Crippen LogP contribution in [0.25, 0.3) is 0 Å². The number of aliphatic hydroxyl groups is 1. The number of rotatable bonds is 7. The standard InChI is InChI=1S/C13H21N3O3S/c1-13(19,9-16(2)3)8-15-11(17)7-14-12(18)10-5-4-6-20-10/h4-6,19H,7-9H2,1-3H3,(H,14,18)(H,15,17). The van der Waals surface area contributed by atoms with Crippen molar-refractivity contribution in [2.45, 2.75) is 12.5 Å². The summed E-state index contributed by atoms with van der Waals surface area (Å²) in [5.41, 5.74) is -1.00. The van der Waals surface area contributed by atoms with Crippen LogP contribution in [-0.2, 0) is 4.79 Å². The summed E-state index contributed by atoms with van der Waals surface area (Å²) in [6, 6.07) is 3.47. The Morgan fingerprint density at radius 1 is 1.40 bits per heavy atom. The highest BCUT2D eigenvalue weighted by Crippen LogP contribution is 2.07. The molecule has 0 radical (unpaired) electrons. The fraction of sp³-hybridized carbons (Fsp3) is 0.538. The number of nitrogens with zero attached hydrogens (tertiary/aromatic N) is 1. The average Bonchev–Trinajstić information content (AvgIpc) is 2.85. The Balaban J connectivity index is 2.29. The first-order chi connectivity index (χ1) is 9.30. The van der Waals surface area contributed by atoms with Gasteiger partial charge in [-0.1, -0.05) is 6.07 Å². The molecule has 0 fully saturated rings. The quantitative estimate of drug-likeness (QED) is 0.657. The second-order valence-electron chi connectivity index (χ2n) is 5.17. The fourth-order valence-corrected chi connectivity index (χ4v) is 2.38. The predicted molar refractivity (Wildman–Crippen MR) is 78.8 cm³/mol. The molecule has 0 aromatic carbocycles. The van der Waals surface area contributed by atoms with Gasteiger partial charge in [0.1, 0.15) is 0 Å². The van der Waals surface area contributed by atoms with E-state index in [1.54, 1.807) is 24.4 Å². The number of hydrogen-bond acceptors (Lipinski definition) is 5. The summed E-state index contributed by atoms with van der Waals surface area (Å²) in [7, 11) is 3.69. The van der Waals surface area contributed by atoms with Gasteiger partial charge in [0.05, 0.1) is 17.0 Å². The third-order valence-corrected chi connectivity index (χ3v) is 3.35. The molecule has 2 amide bonds. The van der Waals surface area contributed by atoms with Gasteiger partial charge in [-0.15, -0.1) is 11.3 Å². The smallest absolute Gasteiger partial charge is 0.261 e. The first-order valence-electron chi connectivity index (χ1n) is 6.26. The molecule has 0 spiro atoms. The number of carbonyl (C=O) groups is 2. The molecule has 7 heteroatoms. The molecule has 0 saturated carbocycles. The minimum absolute atomic E-state index is 0.102. The maximum absolute atomic E-state index is 11.6. The van der Waals surface area contributed by atoms with Crippen molar-refractivity contribution >= 4 is 23.2 Å².